The van der Waals surface area contributed by atoms with Crippen LogP contribution in [0.1, 0.15) is 26.7 Å². The fourth-order valence-corrected chi connectivity index (χ4v) is 1.07. The maximum absolute atomic E-state index is 5.75. The first kappa shape index (κ1) is 10.6. The van der Waals surface area contributed by atoms with Crippen molar-refractivity contribution in [2.75, 3.05) is 7.11 Å². The van der Waals surface area contributed by atoms with Gasteiger partial charge in [0.2, 0.25) is 0 Å². The summed E-state index contributed by atoms with van der Waals surface area (Å²) in [5.74, 6) is 0.808. The largest absolute Gasteiger partial charge is 0.496 e. The molecule has 0 saturated carbocycles. The van der Waals surface area contributed by atoms with Crippen LogP contribution in [-0.2, 0) is 4.74 Å². The Morgan fingerprint density at radius 2 is 1.82 bits per heavy atom. The Bertz CT molecular complexity index is 159. The summed E-state index contributed by atoms with van der Waals surface area (Å²) in [7, 11) is 1.63. The highest BCUT2D eigenvalue weighted by molar-refractivity contribution is 6.31. The van der Waals surface area contributed by atoms with Crippen molar-refractivity contribution in [1.29, 1.82) is 0 Å². The molecule has 64 valence electrons. The van der Waals surface area contributed by atoms with Gasteiger partial charge in [0.15, 0.2) is 0 Å². The summed E-state index contributed by atoms with van der Waals surface area (Å²) in [5, 5.41) is 0.740. The number of rotatable bonds is 1. The Balaban J connectivity index is 0.000000461. The van der Waals surface area contributed by atoms with Crippen molar-refractivity contribution < 1.29 is 4.74 Å². The average Bonchev–Trinajstić information content (AvgIpc) is 2.09. The second-order valence-corrected chi connectivity index (χ2v) is 2.31. The van der Waals surface area contributed by atoms with Crippen LogP contribution in [0.5, 0.6) is 0 Å². The van der Waals surface area contributed by atoms with E-state index in [2.05, 4.69) is 0 Å². The van der Waals surface area contributed by atoms with Gasteiger partial charge in [-0.25, -0.2) is 0 Å². The van der Waals surface area contributed by atoms with E-state index in [0.717, 1.165) is 23.6 Å². The van der Waals surface area contributed by atoms with E-state index < -0.39 is 0 Å². The number of hydrogen-bond donors (Lipinski definition) is 0. The van der Waals surface area contributed by atoms with Gasteiger partial charge >= 0.3 is 0 Å². The van der Waals surface area contributed by atoms with E-state index in [-0.39, 0.29) is 0 Å². The molecule has 2 heteroatoms. The van der Waals surface area contributed by atoms with E-state index in [4.69, 9.17) is 16.3 Å². The predicted octanol–water partition coefficient (Wildman–Crippen LogP) is 3.46. The van der Waals surface area contributed by atoms with Gasteiger partial charge in [-0.05, 0) is 18.9 Å². The van der Waals surface area contributed by atoms with Crippen LogP contribution >= 0.6 is 11.6 Å². The minimum Gasteiger partial charge on any atom is -0.496 e. The van der Waals surface area contributed by atoms with E-state index in [1.165, 1.54) is 0 Å². The fraction of sp³-hybridized carbons (Fsp3) is 0.556. The lowest BCUT2D eigenvalue weighted by atomic mass is 10.2. The van der Waals surface area contributed by atoms with Gasteiger partial charge in [-0.15, -0.1) is 0 Å². The molecule has 0 aromatic carbocycles. The molecule has 1 nitrogen and oxygen atoms in total. The van der Waals surface area contributed by atoms with Crippen LogP contribution in [0.15, 0.2) is 22.9 Å². The maximum atomic E-state index is 5.75. The molecule has 0 aliphatic heterocycles. The molecule has 0 unspecified atom stereocenters. The highest BCUT2D eigenvalue weighted by Gasteiger charge is 2.04. The van der Waals surface area contributed by atoms with Crippen molar-refractivity contribution in [3.8, 4) is 0 Å². The van der Waals surface area contributed by atoms with Crippen LogP contribution in [0.4, 0.5) is 0 Å². The van der Waals surface area contributed by atoms with Gasteiger partial charge in [-0.3, -0.25) is 0 Å². The molecule has 1 aliphatic carbocycles. The first-order chi connectivity index (χ1) is 5.34. The van der Waals surface area contributed by atoms with Gasteiger partial charge in [-0.1, -0.05) is 31.5 Å². The summed E-state index contributed by atoms with van der Waals surface area (Å²) in [6, 6.07) is 0. The first-order valence-corrected chi connectivity index (χ1v) is 4.32. The van der Waals surface area contributed by atoms with Crippen LogP contribution in [0.3, 0.4) is 0 Å². The summed E-state index contributed by atoms with van der Waals surface area (Å²) in [5.41, 5.74) is 0. The Kier molecular flexibility index (Phi) is 6.05. The second kappa shape index (κ2) is 6.29. The molecule has 0 saturated heterocycles. The third-order valence-electron chi connectivity index (χ3n) is 1.28. The number of hydrogen-bond acceptors (Lipinski definition) is 1. The molecule has 1 rings (SSSR count). The highest BCUT2D eigenvalue weighted by atomic mass is 35.5. The molecule has 0 radical (unpaired) electrons. The summed E-state index contributed by atoms with van der Waals surface area (Å²) in [6.07, 6.45) is 6.05. The number of methoxy groups -OCH3 is 1. The molecular weight excluding hydrogens is 160 g/mol. The van der Waals surface area contributed by atoms with E-state index >= 15 is 0 Å². The quantitative estimate of drug-likeness (QED) is 0.592. The number of ether oxygens (including phenoxy) is 1. The van der Waals surface area contributed by atoms with Crippen molar-refractivity contribution in [1.82, 2.24) is 0 Å². The molecule has 11 heavy (non-hydrogen) atoms. The number of allylic oxidation sites excluding steroid dienone is 3. The lowest BCUT2D eigenvalue weighted by Crippen LogP contribution is -1.91. The molecule has 0 fully saturated rings. The third kappa shape index (κ3) is 3.47. The van der Waals surface area contributed by atoms with Crippen LogP contribution in [0.2, 0.25) is 0 Å². The molecule has 0 N–H and O–H groups in total. The van der Waals surface area contributed by atoms with Crippen molar-refractivity contribution in [3.05, 3.63) is 22.9 Å². The van der Waals surface area contributed by atoms with E-state index in [1.807, 2.05) is 26.0 Å². The van der Waals surface area contributed by atoms with Crippen LogP contribution in [-0.4, -0.2) is 7.11 Å². The third-order valence-corrected chi connectivity index (χ3v) is 1.62. The molecule has 0 atom stereocenters. The summed E-state index contributed by atoms with van der Waals surface area (Å²) in [6.45, 7) is 4.00. The normalized spacial score (nSPS) is 15.6. The molecule has 0 bridgehead atoms. The molecule has 0 aromatic rings. The Labute approximate surface area is 73.7 Å². The first-order valence-electron chi connectivity index (χ1n) is 3.95. The summed E-state index contributed by atoms with van der Waals surface area (Å²) >= 11 is 5.75. The Morgan fingerprint density at radius 1 is 1.27 bits per heavy atom. The van der Waals surface area contributed by atoms with Crippen LogP contribution < -0.4 is 0 Å². The molecule has 0 aromatic heterocycles. The molecule has 0 amide bonds. The van der Waals surface area contributed by atoms with Gasteiger partial charge < -0.3 is 4.74 Å². The van der Waals surface area contributed by atoms with Gasteiger partial charge in [0.1, 0.15) is 5.76 Å². The molecule has 0 heterocycles. The fourth-order valence-electron chi connectivity index (χ4n) is 0.803. The Hall–Kier alpha value is -0.430. The predicted molar refractivity (Wildman–Crippen MR) is 49.6 cm³/mol. The smallest absolute Gasteiger partial charge is 0.133 e. The van der Waals surface area contributed by atoms with E-state index in [1.54, 1.807) is 7.11 Å². The zero-order valence-corrected chi connectivity index (χ0v) is 8.11. The van der Waals surface area contributed by atoms with Crippen molar-refractivity contribution in [3.63, 3.8) is 0 Å². The second-order valence-electron chi connectivity index (χ2n) is 1.90. The monoisotopic (exact) mass is 174 g/mol. The van der Waals surface area contributed by atoms with E-state index in [9.17, 15) is 0 Å². The minimum atomic E-state index is 0.740. The van der Waals surface area contributed by atoms with Gasteiger partial charge in [0, 0.05) is 0 Å². The zero-order valence-electron chi connectivity index (χ0n) is 7.36. The standard InChI is InChI=1S/C7H9ClO.C2H6/c1-9-7-5-3-2-4-6(7)8;1-2/h4-5H,2-3H2,1H3;1-2H3. The van der Waals surface area contributed by atoms with Gasteiger partial charge in [0.05, 0.1) is 12.1 Å². The Morgan fingerprint density at radius 3 is 2.18 bits per heavy atom. The van der Waals surface area contributed by atoms with Gasteiger partial charge in [-0.2, -0.15) is 0 Å². The SMILES string of the molecule is CC.COC1=CCCC=C1Cl. The summed E-state index contributed by atoms with van der Waals surface area (Å²) in [4.78, 5) is 0. The summed E-state index contributed by atoms with van der Waals surface area (Å²) < 4.78 is 4.96. The lowest BCUT2D eigenvalue weighted by molar-refractivity contribution is 0.301. The maximum Gasteiger partial charge on any atom is 0.133 e. The molecule has 0 spiro atoms. The minimum absolute atomic E-state index is 0.740. The highest BCUT2D eigenvalue weighted by Crippen LogP contribution is 2.21. The van der Waals surface area contributed by atoms with Crippen molar-refractivity contribution >= 4 is 11.6 Å². The number of halogens is 1. The zero-order chi connectivity index (χ0) is 8.69. The van der Waals surface area contributed by atoms with Crippen LogP contribution in [0, 0.1) is 0 Å². The topological polar surface area (TPSA) is 9.23 Å². The lowest BCUT2D eigenvalue weighted by Gasteiger charge is -2.07. The molecular formula is C9H15ClO. The van der Waals surface area contributed by atoms with E-state index in [0.29, 0.717) is 0 Å². The van der Waals surface area contributed by atoms with Crippen LogP contribution in [0.25, 0.3) is 0 Å². The van der Waals surface area contributed by atoms with Crippen molar-refractivity contribution in [2.24, 2.45) is 0 Å². The average molecular weight is 175 g/mol. The molecule has 1 aliphatic rings. The van der Waals surface area contributed by atoms with Crippen molar-refractivity contribution in [2.45, 2.75) is 26.7 Å². The van der Waals surface area contributed by atoms with Gasteiger partial charge in [0.25, 0.3) is 0 Å².